The van der Waals surface area contributed by atoms with Crippen LogP contribution in [0.5, 0.6) is 11.5 Å². The number of ether oxygens (including phenoxy) is 2. The van der Waals surface area contributed by atoms with Crippen molar-refractivity contribution in [3.63, 3.8) is 0 Å². The normalized spacial score (nSPS) is 13.6. The first-order valence-electron chi connectivity index (χ1n) is 5.47. The van der Waals surface area contributed by atoms with Crippen LogP contribution in [0.2, 0.25) is 0 Å². The number of hydrogen-bond donors (Lipinski definition) is 1. The van der Waals surface area contributed by atoms with Crippen LogP contribution in [0.25, 0.3) is 0 Å². The summed E-state index contributed by atoms with van der Waals surface area (Å²) in [4.78, 5) is 10.6. The number of rotatable bonds is 4. The molecule has 1 atom stereocenters. The Bertz CT molecular complexity index is 519. The van der Waals surface area contributed by atoms with Crippen LogP contribution in [0.4, 0.5) is 5.69 Å². The van der Waals surface area contributed by atoms with Crippen LogP contribution in [-0.4, -0.2) is 11.7 Å². The molecular weight excluding hydrogens is 272 g/mol. The SMILES string of the molecule is C=C(C)C[C@@H](N)c1cc2c(cc1[N+](=O)[O-])OCO2.Cl. The number of nitrogens with two attached hydrogens (primary N) is 1. The molecular formula is C12H15ClN2O4. The zero-order valence-electron chi connectivity index (χ0n) is 10.4. The van der Waals surface area contributed by atoms with Gasteiger partial charge in [0.2, 0.25) is 6.79 Å². The maximum atomic E-state index is 11.0. The highest BCUT2D eigenvalue weighted by Gasteiger charge is 2.26. The Labute approximate surface area is 116 Å². The van der Waals surface area contributed by atoms with Gasteiger partial charge in [-0.2, -0.15) is 0 Å². The molecule has 0 unspecified atom stereocenters. The van der Waals surface area contributed by atoms with Gasteiger partial charge in [0.15, 0.2) is 11.5 Å². The van der Waals surface area contributed by atoms with Gasteiger partial charge in [0, 0.05) is 6.04 Å². The molecule has 2 N–H and O–H groups in total. The molecule has 0 amide bonds. The standard InChI is InChI=1S/C12H14N2O4.ClH/c1-7(2)3-9(13)8-4-11-12(18-6-17-11)5-10(8)14(15)16;/h4-5,9H,1,3,6,13H2,2H3;1H/t9-;/m1./s1. The average Bonchev–Trinajstić information content (AvgIpc) is 2.72. The summed E-state index contributed by atoms with van der Waals surface area (Å²) in [5.74, 6) is 0.876. The highest BCUT2D eigenvalue weighted by molar-refractivity contribution is 5.85. The van der Waals surface area contributed by atoms with Crippen molar-refractivity contribution < 1.29 is 14.4 Å². The first kappa shape index (κ1) is 15.3. The molecule has 2 rings (SSSR count). The summed E-state index contributed by atoms with van der Waals surface area (Å²) in [6.45, 7) is 5.67. The van der Waals surface area contributed by atoms with Crippen molar-refractivity contribution >= 4 is 18.1 Å². The van der Waals surface area contributed by atoms with Crippen LogP contribution in [0.3, 0.4) is 0 Å². The van der Waals surface area contributed by atoms with Gasteiger partial charge >= 0.3 is 0 Å². The van der Waals surface area contributed by atoms with E-state index in [1.807, 2.05) is 6.92 Å². The zero-order chi connectivity index (χ0) is 13.3. The lowest BCUT2D eigenvalue weighted by Gasteiger charge is -2.12. The van der Waals surface area contributed by atoms with E-state index in [0.717, 1.165) is 5.57 Å². The summed E-state index contributed by atoms with van der Waals surface area (Å²) in [7, 11) is 0. The van der Waals surface area contributed by atoms with E-state index >= 15 is 0 Å². The van der Waals surface area contributed by atoms with Gasteiger partial charge in [-0.1, -0.05) is 5.57 Å². The van der Waals surface area contributed by atoms with E-state index in [2.05, 4.69) is 6.58 Å². The van der Waals surface area contributed by atoms with Crippen molar-refractivity contribution in [2.75, 3.05) is 6.79 Å². The fourth-order valence-corrected chi connectivity index (χ4v) is 1.89. The molecule has 0 radical (unpaired) electrons. The Morgan fingerprint density at radius 3 is 2.63 bits per heavy atom. The molecule has 104 valence electrons. The van der Waals surface area contributed by atoms with Gasteiger partial charge in [-0.05, 0) is 19.4 Å². The van der Waals surface area contributed by atoms with Gasteiger partial charge in [0.1, 0.15) is 0 Å². The third kappa shape index (κ3) is 3.15. The number of hydrogen-bond acceptors (Lipinski definition) is 5. The minimum absolute atomic E-state index is 0. The summed E-state index contributed by atoms with van der Waals surface area (Å²) >= 11 is 0. The molecule has 0 saturated carbocycles. The van der Waals surface area contributed by atoms with Crippen LogP contribution in [-0.2, 0) is 0 Å². The summed E-state index contributed by atoms with van der Waals surface area (Å²) in [5, 5.41) is 11.0. The van der Waals surface area contributed by atoms with Gasteiger partial charge in [-0.25, -0.2) is 0 Å². The van der Waals surface area contributed by atoms with E-state index in [9.17, 15) is 10.1 Å². The number of nitro groups is 1. The molecule has 0 saturated heterocycles. The maximum Gasteiger partial charge on any atom is 0.278 e. The third-order valence-electron chi connectivity index (χ3n) is 2.69. The fourth-order valence-electron chi connectivity index (χ4n) is 1.89. The van der Waals surface area contributed by atoms with Gasteiger partial charge in [-0.3, -0.25) is 10.1 Å². The van der Waals surface area contributed by atoms with Crippen molar-refractivity contribution in [2.24, 2.45) is 5.73 Å². The van der Waals surface area contributed by atoms with Crippen LogP contribution in [0.15, 0.2) is 24.3 Å². The highest BCUT2D eigenvalue weighted by Crippen LogP contribution is 2.40. The average molecular weight is 287 g/mol. The summed E-state index contributed by atoms with van der Waals surface area (Å²) in [5.41, 5.74) is 7.23. The molecule has 6 nitrogen and oxygen atoms in total. The predicted molar refractivity (Wildman–Crippen MR) is 72.8 cm³/mol. The van der Waals surface area contributed by atoms with Gasteiger partial charge in [-0.15, -0.1) is 19.0 Å². The Hall–Kier alpha value is -1.79. The van der Waals surface area contributed by atoms with Crippen molar-refractivity contribution in [3.05, 3.63) is 40.0 Å². The topological polar surface area (TPSA) is 87.6 Å². The molecule has 19 heavy (non-hydrogen) atoms. The second kappa shape index (κ2) is 5.90. The Morgan fingerprint density at radius 1 is 1.53 bits per heavy atom. The highest BCUT2D eigenvalue weighted by atomic mass is 35.5. The first-order valence-corrected chi connectivity index (χ1v) is 5.47. The lowest BCUT2D eigenvalue weighted by molar-refractivity contribution is -0.385. The lowest BCUT2D eigenvalue weighted by Crippen LogP contribution is -2.12. The molecule has 1 aromatic rings. The summed E-state index contributed by atoms with van der Waals surface area (Å²) in [6, 6.07) is 2.46. The number of nitrogens with zero attached hydrogens (tertiary/aromatic N) is 1. The molecule has 1 aromatic carbocycles. The summed E-state index contributed by atoms with van der Waals surface area (Å²) < 4.78 is 10.3. The molecule has 0 aliphatic carbocycles. The van der Waals surface area contributed by atoms with E-state index in [1.54, 1.807) is 6.07 Å². The van der Waals surface area contributed by atoms with Crippen LogP contribution < -0.4 is 15.2 Å². The number of benzene rings is 1. The van der Waals surface area contributed by atoms with Crippen molar-refractivity contribution in [2.45, 2.75) is 19.4 Å². The molecule has 0 aromatic heterocycles. The molecule has 7 heteroatoms. The first-order chi connectivity index (χ1) is 8.49. The molecule has 0 spiro atoms. The van der Waals surface area contributed by atoms with E-state index in [0.29, 0.717) is 23.5 Å². The zero-order valence-corrected chi connectivity index (χ0v) is 11.2. The van der Waals surface area contributed by atoms with Gasteiger partial charge < -0.3 is 15.2 Å². The predicted octanol–water partition coefficient (Wildman–Crippen LogP) is 2.71. The van der Waals surface area contributed by atoms with E-state index < -0.39 is 11.0 Å². The molecule has 0 bridgehead atoms. The molecule has 1 heterocycles. The van der Waals surface area contributed by atoms with E-state index in [-0.39, 0.29) is 24.9 Å². The Balaban J connectivity index is 0.00000180. The second-order valence-corrected chi connectivity index (χ2v) is 4.29. The fraction of sp³-hybridized carbons (Fsp3) is 0.333. The van der Waals surface area contributed by atoms with Crippen LogP contribution >= 0.6 is 12.4 Å². The van der Waals surface area contributed by atoms with Crippen LogP contribution in [0.1, 0.15) is 24.9 Å². The van der Waals surface area contributed by atoms with E-state index in [4.69, 9.17) is 15.2 Å². The summed E-state index contributed by atoms with van der Waals surface area (Å²) in [6.07, 6.45) is 0.487. The third-order valence-corrected chi connectivity index (χ3v) is 2.69. The van der Waals surface area contributed by atoms with Crippen molar-refractivity contribution in [3.8, 4) is 11.5 Å². The maximum absolute atomic E-state index is 11.0. The smallest absolute Gasteiger partial charge is 0.278 e. The lowest BCUT2D eigenvalue weighted by atomic mass is 9.99. The van der Waals surface area contributed by atoms with Gasteiger partial charge in [0.05, 0.1) is 16.6 Å². The largest absolute Gasteiger partial charge is 0.454 e. The number of nitro benzene ring substituents is 1. The quantitative estimate of drug-likeness (QED) is 0.522. The minimum atomic E-state index is -0.475. The number of halogens is 1. The monoisotopic (exact) mass is 286 g/mol. The minimum Gasteiger partial charge on any atom is -0.454 e. The van der Waals surface area contributed by atoms with Crippen molar-refractivity contribution in [1.29, 1.82) is 0 Å². The van der Waals surface area contributed by atoms with Crippen molar-refractivity contribution in [1.82, 2.24) is 0 Å². The second-order valence-electron chi connectivity index (χ2n) is 4.29. The number of fused-ring (bicyclic) bond motifs is 1. The molecule has 0 fully saturated rings. The Kier molecular flexibility index (Phi) is 4.74. The molecule has 1 aliphatic heterocycles. The van der Waals surface area contributed by atoms with Crippen LogP contribution in [0, 0.1) is 10.1 Å². The Morgan fingerprint density at radius 2 is 2.11 bits per heavy atom. The molecule has 1 aliphatic rings. The van der Waals surface area contributed by atoms with E-state index in [1.165, 1.54) is 6.07 Å². The van der Waals surface area contributed by atoms with Gasteiger partial charge in [0.25, 0.3) is 5.69 Å².